The van der Waals surface area contributed by atoms with E-state index in [-0.39, 0.29) is 11.6 Å². The molecule has 0 atom stereocenters. The minimum absolute atomic E-state index is 0.0743. The van der Waals surface area contributed by atoms with Gasteiger partial charge in [-0.1, -0.05) is 0 Å². The van der Waals surface area contributed by atoms with Crippen LogP contribution in [0.5, 0.6) is 0 Å². The second-order valence-corrected chi connectivity index (χ2v) is 4.68. The summed E-state index contributed by atoms with van der Waals surface area (Å²) in [7, 11) is 3.74. The van der Waals surface area contributed by atoms with Crippen molar-refractivity contribution in [2.45, 2.75) is 19.3 Å². The Hall–Kier alpha value is -1.26. The number of hydrogen-bond donors (Lipinski definition) is 0. The topological polar surface area (TPSA) is 29.5 Å². The van der Waals surface area contributed by atoms with Gasteiger partial charge in [0, 0.05) is 32.2 Å². The molecule has 0 aliphatic rings. The van der Waals surface area contributed by atoms with Gasteiger partial charge in [-0.25, -0.2) is 4.39 Å². The number of ether oxygens (including phenoxy) is 1. The number of carbonyl (C=O) groups excluding carboxylic acids is 1. The summed E-state index contributed by atoms with van der Waals surface area (Å²) in [5.41, 5.74) is 0.587. The lowest BCUT2D eigenvalue weighted by Gasteiger charge is -2.15. The molecule has 0 unspecified atom stereocenters. The molecule has 0 saturated carbocycles. The number of Topliss-reactive ketones (excluding diaryl/α,β-unsaturated/α-hetero) is 1. The Kier molecular flexibility index (Phi) is 7.30. The summed E-state index contributed by atoms with van der Waals surface area (Å²) in [6.07, 6.45) is 2.32. The normalized spacial score (nSPS) is 10.9. The van der Waals surface area contributed by atoms with E-state index in [4.69, 9.17) is 4.74 Å². The lowest BCUT2D eigenvalue weighted by molar-refractivity contribution is 0.0975. The van der Waals surface area contributed by atoms with E-state index in [1.165, 1.54) is 12.1 Å². The highest BCUT2D eigenvalue weighted by Crippen LogP contribution is 2.07. The zero-order chi connectivity index (χ0) is 14.1. The van der Waals surface area contributed by atoms with Gasteiger partial charge in [0.15, 0.2) is 5.78 Å². The number of carbonyl (C=O) groups is 1. The molecule has 0 bridgehead atoms. The monoisotopic (exact) mass is 267 g/mol. The van der Waals surface area contributed by atoms with Crippen LogP contribution in [0.1, 0.15) is 29.6 Å². The summed E-state index contributed by atoms with van der Waals surface area (Å²) in [6.45, 7) is 2.62. The van der Waals surface area contributed by atoms with Crippen molar-refractivity contribution in [3.8, 4) is 0 Å². The fraction of sp³-hybridized carbons (Fsp3) is 0.533. The van der Waals surface area contributed by atoms with Crippen LogP contribution in [0.3, 0.4) is 0 Å². The first-order valence-corrected chi connectivity index (χ1v) is 6.59. The van der Waals surface area contributed by atoms with Crippen LogP contribution >= 0.6 is 0 Å². The molecule has 1 aromatic rings. The number of methoxy groups -OCH3 is 1. The van der Waals surface area contributed by atoms with E-state index in [0.29, 0.717) is 12.0 Å². The molecule has 106 valence electrons. The third-order valence-corrected chi connectivity index (χ3v) is 3.00. The molecule has 0 aliphatic carbocycles. The van der Waals surface area contributed by atoms with Gasteiger partial charge in [0.05, 0.1) is 0 Å². The summed E-state index contributed by atoms with van der Waals surface area (Å²) in [6, 6.07) is 5.73. The van der Waals surface area contributed by atoms with E-state index < -0.39 is 0 Å². The molecule has 0 spiro atoms. The summed E-state index contributed by atoms with van der Waals surface area (Å²) < 4.78 is 17.7. The molecule has 1 rings (SSSR count). The Morgan fingerprint density at radius 3 is 2.47 bits per heavy atom. The van der Waals surface area contributed by atoms with Gasteiger partial charge in [0.2, 0.25) is 0 Å². The number of ketones is 1. The molecule has 0 radical (unpaired) electrons. The predicted octanol–water partition coefficient (Wildman–Crippen LogP) is 2.76. The number of benzene rings is 1. The number of halogens is 1. The molecular weight excluding hydrogens is 245 g/mol. The zero-order valence-electron chi connectivity index (χ0n) is 11.7. The highest BCUT2D eigenvalue weighted by molar-refractivity contribution is 5.95. The minimum atomic E-state index is -0.311. The smallest absolute Gasteiger partial charge is 0.162 e. The van der Waals surface area contributed by atoms with Crippen molar-refractivity contribution >= 4 is 5.78 Å². The summed E-state index contributed by atoms with van der Waals surface area (Å²) in [5, 5.41) is 0. The molecular formula is C15H22FNO2. The van der Waals surface area contributed by atoms with Crippen molar-refractivity contribution < 1.29 is 13.9 Å². The van der Waals surface area contributed by atoms with E-state index >= 15 is 0 Å². The van der Waals surface area contributed by atoms with Crippen LogP contribution in [0.25, 0.3) is 0 Å². The molecule has 0 N–H and O–H groups in total. The quantitative estimate of drug-likeness (QED) is 0.509. The van der Waals surface area contributed by atoms with Crippen LogP contribution in [0.2, 0.25) is 0 Å². The van der Waals surface area contributed by atoms with Crippen molar-refractivity contribution in [3.63, 3.8) is 0 Å². The number of hydrogen-bond acceptors (Lipinski definition) is 3. The highest BCUT2D eigenvalue weighted by Gasteiger charge is 2.06. The van der Waals surface area contributed by atoms with Gasteiger partial charge >= 0.3 is 0 Å². The second-order valence-electron chi connectivity index (χ2n) is 4.68. The standard InChI is InChI=1S/C15H22FNO2/c1-17(11-4-12-19-2)10-3-5-15(18)13-6-8-14(16)9-7-13/h6-9H,3-5,10-12H2,1-2H3. The Balaban J connectivity index is 2.21. The molecule has 0 amide bonds. The van der Waals surface area contributed by atoms with E-state index in [9.17, 15) is 9.18 Å². The molecule has 4 heteroatoms. The third-order valence-electron chi connectivity index (χ3n) is 3.00. The van der Waals surface area contributed by atoms with Gasteiger partial charge < -0.3 is 9.64 Å². The maximum Gasteiger partial charge on any atom is 0.162 e. The Labute approximate surface area is 114 Å². The molecule has 0 heterocycles. The van der Waals surface area contributed by atoms with Crippen LogP contribution in [0, 0.1) is 5.82 Å². The maximum atomic E-state index is 12.7. The van der Waals surface area contributed by atoms with E-state index in [1.54, 1.807) is 19.2 Å². The molecule has 0 aliphatic heterocycles. The van der Waals surface area contributed by atoms with Gasteiger partial charge in [-0.2, -0.15) is 0 Å². The van der Waals surface area contributed by atoms with Gasteiger partial charge in [0.1, 0.15) is 5.82 Å². The van der Waals surface area contributed by atoms with Crippen molar-refractivity contribution in [1.82, 2.24) is 4.90 Å². The first-order chi connectivity index (χ1) is 9.13. The first-order valence-electron chi connectivity index (χ1n) is 6.59. The molecule has 3 nitrogen and oxygen atoms in total. The molecule has 0 fully saturated rings. The Bertz CT molecular complexity index is 378. The van der Waals surface area contributed by atoms with Crippen molar-refractivity contribution in [2.75, 3.05) is 33.9 Å². The largest absolute Gasteiger partial charge is 0.385 e. The van der Waals surface area contributed by atoms with Gasteiger partial charge in [-0.3, -0.25) is 4.79 Å². The van der Waals surface area contributed by atoms with Gasteiger partial charge in [0.25, 0.3) is 0 Å². The van der Waals surface area contributed by atoms with E-state index in [0.717, 1.165) is 32.5 Å². The van der Waals surface area contributed by atoms with Crippen molar-refractivity contribution in [1.29, 1.82) is 0 Å². The second kappa shape index (κ2) is 8.77. The molecule has 0 aromatic heterocycles. The fourth-order valence-corrected chi connectivity index (χ4v) is 1.88. The number of rotatable bonds is 9. The van der Waals surface area contributed by atoms with Crippen molar-refractivity contribution in [3.05, 3.63) is 35.6 Å². The van der Waals surface area contributed by atoms with Crippen LogP contribution < -0.4 is 0 Å². The van der Waals surface area contributed by atoms with Crippen molar-refractivity contribution in [2.24, 2.45) is 0 Å². The van der Waals surface area contributed by atoms with E-state index in [2.05, 4.69) is 4.90 Å². The van der Waals surface area contributed by atoms with Gasteiger partial charge in [-0.15, -0.1) is 0 Å². The maximum absolute atomic E-state index is 12.7. The Morgan fingerprint density at radius 2 is 1.84 bits per heavy atom. The summed E-state index contributed by atoms with van der Waals surface area (Å²) in [5.74, 6) is -0.236. The molecule has 0 saturated heterocycles. The molecule has 1 aromatic carbocycles. The van der Waals surface area contributed by atoms with Crippen LogP contribution in [-0.4, -0.2) is 44.5 Å². The summed E-state index contributed by atoms with van der Waals surface area (Å²) in [4.78, 5) is 14.0. The van der Waals surface area contributed by atoms with Crippen LogP contribution in [0.15, 0.2) is 24.3 Å². The average Bonchev–Trinajstić information content (AvgIpc) is 2.39. The average molecular weight is 267 g/mol. The van der Waals surface area contributed by atoms with Gasteiger partial charge in [-0.05, 0) is 50.7 Å². The van der Waals surface area contributed by atoms with E-state index in [1.807, 2.05) is 7.05 Å². The van der Waals surface area contributed by atoms with Crippen LogP contribution in [-0.2, 0) is 4.74 Å². The SMILES string of the molecule is COCCCN(C)CCCC(=O)c1ccc(F)cc1. The minimum Gasteiger partial charge on any atom is -0.385 e. The number of nitrogens with zero attached hydrogens (tertiary/aromatic N) is 1. The predicted molar refractivity (Wildman–Crippen MR) is 74.0 cm³/mol. The highest BCUT2D eigenvalue weighted by atomic mass is 19.1. The van der Waals surface area contributed by atoms with Crippen LogP contribution in [0.4, 0.5) is 4.39 Å². The summed E-state index contributed by atoms with van der Waals surface area (Å²) >= 11 is 0. The Morgan fingerprint density at radius 1 is 1.21 bits per heavy atom. The lowest BCUT2D eigenvalue weighted by atomic mass is 10.1. The zero-order valence-corrected chi connectivity index (χ0v) is 11.7. The third kappa shape index (κ3) is 6.45. The fourth-order valence-electron chi connectivity index (χ4n) is 1.88. The molecule has 19 heavy (non-hydrogen) atoms. The first kappa shape index (κ1) is 15.8. The lowest BCUT2D eigenvalue weighted by Crippen LogP contribution is -2.22.